The van der Waals surface area contributed by atoms with E-state index in [1.807, 2.05) is 6.33 Å². The lowest BCUT2D eigenvalue weighted by Crippen LogP contribution is -2.08. The summed E-state index contributed by atoms with van der Waals surface area (Å²) in [7, 11) is 0. The average molecular weight is 231 g/mol. The van der Waals surface area contributed by atoms with Crippen LogP contribution in [-0.4, -0.2) is 9.55 Å². The van der Waals surface area contributed by atoms with Crippen molar-refractivity contribution in [2.24, 2.45) is 5.73 Å². The molecule has 0 amide bonds. The zero-order valence-electron chi connectivity index (χ0n) is 9.44. The number of hydrogen-bond acceptors (Lipinski definition) is 2. The van der Waals surface area contributed by atoms with Crippen LogP contribution in [0.4, 0.5) is 4.39 Å². The van der Waals surface area contributed by atoms with Crippen molar-refractivity contribution in [1.29, 1.82) is 0 Å². The molecule has 0 saturated heterocycles. The van der Waals surface area contributed by atoms with Crippen LogP contribution in [0.15, 0.2) is 30.6 Å². The summed E-state index contributed by atoms with van der Waals surface area (Å²) in [6, 6.07) is 6.63. The Morgan fingerprint density at radius 3 is 2.88 bits per heavy atom. The second-order valence-corrected chi connectivity index (χ2v) is 4.47. The fraction of sp³-hybridized carbons (Fsp3) is 0.308. The van der Waals surface area contributed by atoms with Crippen LogP contribution in [0.5, 0.6) is 0 Å². The predicted molar refractivity (Wildman–Crippen MR) is 63.0 cm³/mol. The van der Waals surface area contributed by atoms with Crippen LogP contribution in [0.25, 0.3) is 0 Å². The molecule has 88 valence electrons. The van der Waals surface area contributed by atoms with E-state index in [4.69, 9.17) is 5.73 Å². The van der Waals surface area contributed by atoms with Gasteiger partial charge in [0.2, 0.25) is 0 Å². The maximum atomic E-state index is 12.8. The van der Waals surface area contributed by atoms with Gasteiger partial charge in [-0.3, -0.25) is 0 Å². The van der Waals surface area contributed by atoms with Crippen molar-refractivity contribution in [2.75, 3.05) is 0 Å². The molecule has 0 fully saturated rings. The summed E-state index contributed by atoms with van der Waals surface area (Å²) in [4.78, 5) is 4.40. The van der Waals surface area contributed by atoms with E-state index in [1.165, 1.54) is 12.1 Å². The zero-order chi connectivity index (χ0) is 11.8. The molecule has 0 aliphatic carbocycles. The van der Waals surface area contributed by atoms with Crippen LogP contribution in [0.3, 0.4) is 0 Å². The van der Waals surface area contributed by atoms with Gasteiger partial charge >= 0.3 is 0 Å². The van der Waals surface area contributed by atoms with E-state index < -0.39 is 0 Å². The summed E-state index contributed by atoms with van der Waals surface area (Å²) in [5.41, 5.74) is 9.26. The quantitative estimate of drug-likeness (QED) is 0.859. The molecule has 1 aromatic heterocycles. The van der Waals surface area contributed by atoms with Crippen molar-refractivity contribution in [3.8, 4) is 0 Å². The summed E-state index contributed by atoms with van der Waals surface area (Å²) in [6.45, 7) is 0.951. The fourth-order valence-electron chi connectivity index (χ4n) is 2.39. The van der Waals surface area contributed by atoms with Crippen molar-refractivity contribution in [2.45, 2.75) is 25.4 Å². The van der Waals surface area contributed by atoms with E-state index in [0.717, 1.165) is 36.3 Å². The smallest absolute Gasteiger partial charge is 0.123 e. The molecule has 2 heterocycles. The number of fused-ring (bicyclic) bond motifs is 1. The second-order valence-electron chi connectivity index (χ2n) is 4.47. The molecule has 4 heteroatoms. The molecule has 3 rings (SSSR count). The van der Waals surface area contributed by atoms with Gasteiger partial charge in [0.25, 0.3) is 0 Å². The SMILES string of the molecule is NC1CCn2cnc(Cc3ccc(F)cc3)c21. The molecule has 17 heavy (non-hydrogen) atoms. The molecule has 1 aliphatic rings. The highest BCUT2D eigenvalue weighted by atomic mass is 19.1. The van der Waals surface area contributed by atoms with Gasteiger partial charge in [0, 0.05) is 19.0 Å². The highest BCUT2D eigenvalue weighted by molar-refractivity contribution is 5.28. The number of nitrogens with zero attached hydrogens (tertiary/aromatic N) is 2. The molecule has 1 aliphatic heterocycles. The van der Waals surface area contributed by atoms with Crippen LogP contribution in [-0.2, 0) is 13.0 Å². The Morgan fingerprint density at radius 2 is 2.12 bits per heavy atom. The van der Waals surface area contributed by atoms with Gasteiger partial charge in [0.1, 0.15) is 5.82 Å². The third-order valence-corrected chi connectivity index (χ3v) is 3.28. The lowest BCUT2D eigenvalue weighted by atomic mass is 10.1. The van der Waals surface area contributed by atoms with E-state index in [2.05, 4.69) is 9.55 Å². The van der Waals surface area contributed by atoms with Crippen LogP contribution >= 0.6 is 0 Å². The number of nitrogens with two attached hydrogens (primary N) is 1. The Kier molecular flexibility index (Phi) is 2.44. The van der Waals surface area contributed by atoms with E-state index >= 15 is 0 Å². The first-order valence-electron chi connectivity index (χ1n) is 5.78. The first-order chi connectivity index (χ1) is 8.24. The van der Waals surface area contributed by atoms with Crippen LogP contribution in [0, 0.1) is 5.82 Å². The van der Waals surface area contributed by atoms with Crippen LogP contribution < -0.4 is 5.73 Å². The van der Waals surface area contributed by atoms with Crippen LogP contribution in [0.1, 0.15) is 29.4 Å². The van der Waals surface area contributed by atoms with Crippen molar-refractivity contribution in [1.82, 2.24) is 9.55 Å². The van der Waals surface area contributed by atoms with Crippen molar-refractivity contribution >= 4 is 0 Å². The van der Waals surface area contributed by atoms with Crippen molar-refractivity contribution in [3.05, 3.63) is 53.4 Å². The molecular weight excluding hydrogens is 217 g/mol. The van der Waals surface area contributed by atoms with Gasteiger partial charge in [0.15, 0.2) is 0 Å². The van der Waals surface area contributed by atoms with Gasteiger partial charge in [-0.1, -0.05) is 12.1 Å². The first-order valence-corrected chi connectivity index (χ1v) is 5.78. The Balaban J connectivity index is 1.89. The van der Waals surface area contributed by atoms with Gasteiger partial charge in [0.05, 0.1) is 17.7 Å². The second kappa shape index (κ2) is 3.96. The Morgan fingerprint density at radius 1 is 1.35 bits per heavy atom. The van der Waals surface area contributed by atoms with Gasteiger partial charge in [-0.2, -0.15) is 0 Å². The summed E-state index contributed by atoms with van der Waals surface area (Å²) < 4.78 is 14.9. The number of imidazole rings is 1. The Hall–Kier alpha value is -1.68. The molecule has 2 aromatic rings. The highest BCUT2D eigenvalue weighted by Crippen LogP contribution is 2.27. The number of aryl methyl sites for hydroxylation is 1. The molecule has 1 aromatic carbocycles. The zero-order valence-corrected chi connectivity index (χ0v) is 9.44. The topological polar surface area (TPSA) is 43.8 Å². The molecule has 1 atom stereocenters. The number of rotatable bonds is 2. The largest absolute Gasteiger partial charge is 0.333 e. The molecule has 0 radical (unpaired) electrons. The van der Waals surface area contributed by atoms with E-state index in [-0.39, 0.29) is 11.9 Å². The minimum Gasteiger partial charge on any atom is -0.333 e. The number of hydrogen-bond donors (Lipinski definition) is 1. The van der Waals surface area contributed by atoms with Gasteiger partial charge in [-0.05, 0) is 24.1 Å². The minimum atomic E-state index is -0.208. The maximum absolute atomic E-state index is 12.8. The van der Waals surface area contributed by atoms with Crippen molar-refractivity contribution in [3.63, 3.8) is 0 Å². The molecule has 1 unspecified atom stereocenters. The minimum absolute atomic E-state index is 0.0907. The monoisotopic (exact) mass is 231 g/mol. The number of benzene rings is 1. The third-order valence-electron chi connectivity index (χ3n) is 3.28. The Labute approximate surface area is 99.1 Å². The average Bonchev–Trinajstić information content (AvgIpc) is 2.87. The lowest BCUT2D eigenvalue weighted by Gasteiger charge is -2.05. The standard InChI is InChI=1S/C13H14FN3/c14-10-3-1-9(2-4-10)7-12-13-11(15)5-6-17(13)8-16-12/h1-4,8,11H,5-7,15H2. The normalized spacial score (nSPS) is 18.4. The first kappa shape index (κ1) is 10.5. The van der Waals surface area contributed by atoms with E-state index in [9.17, 15) is 4.39 Å². The van der Waals surface area contributed by atoms with Gasteiger partial charge < -0.3 is 10.3 Å². The fourth-order valence-corrected chi connectivity index (χ4v) is 2.39. The molecule has 0 spiro atoms. The lowest BCUT2D eigenvalue weighted by molar-refractivity contribution is 0.627. The van der Waals surface area contributed by atoms with Crippen LogP contribution in [0.2, 0.25) is 0 Å². The molecule has 0 bridgehead atoms. The number of halogens is 1. The van der Waals surface area contributed by atoms with Crippen molar-refractivity contribution < 1.29 is 4.39 Å². The molecule has 3 nitrogen and oxygen atoms in total. The summed E-state index contributed by atoms with van der Waals surface area (Å²) in [5, 5.41) is 0. The predicted octanol–water partition coefficient (Wildman–Crippen LogP) is 2.02. The molecular formula is C13H14FN3. The summed E-state index contributed by atoms with van der Waals surface area (Å²) >= 11 is 0. The molecule has 0 saturated carbocycles. The van der Waals surface area contributed by atoms with Gasteiger partial charge in [-0.25, -0.2) is 9.37 Å². The van der Waals surface area contributed by atoms with Gasteiger partial charge in [-0.15, -0.1) is 0 Å². The Bertz CT molecular complexity index is 530. The van der Waals surface area contributed by atoms with E-state index in [0.29, 0.717) is 0 Å². The number of aromatic nitrogens is 2. The van der Waals surface area contributed by atoms with E-state index in [1.54, 1.807) is 12.1 Å². The third kappa shape index (κ3) is 1.85. The summed E-state index contributed by atoms with van der Waals surface area (Å²) in [5.74, 6) is -0.208. The maximum Gasteiger partial charge on any atom is 0.123 e. The molecule has 2 N–H and O–H groups in total. The highest BCUT2D eigenvalue weighted by Gasteiger charge is 2.23. The summed E-state index contributed by atoms with van der Waals surface area (Å²) in [6.07, 6.45) is 3.55.